The molecule has 2 amide bonds. The van der Waals surface area contributed by atoms with Gasteiger partial charge in [-0.25, -0.2) is 13.4 Å². The molecule has 2 N–H and O–H groups in total. The summed E-state index contributed by atoms with van der Waals surface area (Å²) in [4.78, 5) is 31.8. The number of carbonyl (C=O) groups is 2. The van der Waals surface area contributed by atoms with Gasteiger partial charge in [0, 0.05) is 23.6 Å². The van der Waals surface area contributed by atoms with Gasteiger partial charge in [0.2, 0.25) is 27.3 Å². The van der Waals surface area contributed by atoms with E-state index in [1.807, 2.05) is 42.6 Å². The van der Waals surface area contributed by atoms with Crippen molar-refractivity contribution >= 4 is 32.3 Å². The van der Waals surface area contributed by atoms with Crippen LogP contribution in [0.1, 0.15) is 11.1 Å². The van der Waals surface area contributed by atoms with Crippen LogP contribution in [0.5, 0.6) is 0 Å². The van der Waals surface area contributed by atoms with Gasteiger partial charge in [-0.2, -0.15) is 4.31 Å². The summed E-state index contributed by atoms with van der Waals surface area (Å²) in [6.45, 7) is 2.04. The molecule has 1 aliphatic heterocycles. The molecule has 0 spiro atoms. The molecule has 0 bridgehead atoms. The minimum Gasteiger partial charge on any atom is -0.368 e. The number of amides is 2. The van der Waals surface area contributed by atoms with E-state index in [4.69, 9.17) is 5.73 Å². The second-order valence-corrected chi connectivity index (χ2v) is 11.9. The predicted octanol–water partition coefficient (Wildman–Crippen LogP) is 2.14. The fourth-order valence-electron chi connectivity index (χ4n) is 4.12. The molecule has 10 heteroatoms. The monoisotopic (exact) mass is 499 g/mol. The van der Waals surface area contributed by atoms with Gasteiger partial charge in [-0.15, -0.1) is 0 Å². The van der Waals surface area contributed by atoms with Gasteiger partial charge < -0.3 is 10.6 Å². The van der Waals surface area contributed by atoms with Gasteiger partial charge in [0.25, 0.3) is 0 Å². The van der Waals surface area contributed by atoms with E-state index in [9.17, 15) is 18.0 Å². The van der Waals surface area contributed by atoms with Crippen molar-refractivity contribution in [2.75, 3.05) is 13.1 Å². The Bertz CT molecular complexity index is 1250. The lowest BCUT2D eigenvalue weighted by atomic mass is 10.0. The highest BCUT2D eigenvalue weighted by Crippen LogP contribution is 2.28. The van der Waals surface area contributed by atoms with Crippen molar-refractivity contribution in [2.45, 2.75) is 36.1 Å². The summed E-state index contributed by atoms with van der Waals surface area (Å²) in [5.74, 6) is -0.690. The Hall–Kier alpha value is -3.08. The van der Waals surface area contributed by atoms with Gasteiger partial charge in [0.15, 0.2) is 17.2 Å². The lowest BCUT2D eigenvalue weighted by Crippen LogP contribution is -2.63. The number of hydrogen-bond acceptors (Lipinski definition) is 5. The Labute approximate surface area is 202 Å². The van der Waals surface area contributed by atoms with Crippen molar-refractivity contribution in [1.29, 1.82) is 0 Å². The topological polar surface area (TPSA) is 114 Å². The standard InChI is InChI=1S/C24H26N4O4S2/c1-18-7-9-20(10-8-18)34(31,32)28-13-12-27(22(23(25)29)16-33-14-11-26-17-33)24(30)21(28)15-19-5-3-2-4-6-19/h2-11,14,17,21-22H,12-13,15-16H2,1H3,(H-,25,29)/p+1/t21-,22?,33?/m1/s1. The molecule has 0 aliphatic carbocycles. The van der Waals surface area contributed by atoms with Gasteiger partial charge >= 0.3 is 0 Å². The first kappa shape index (κ1) is 24.1. The molecule has 178 valence electrons. The Morgan fingerprint density at radius 2 is 1.85 bits per heavy atom. The molecular weight excluding hydrogens is 472 g/mol. The fraction of sp³-hybridized carbons (Fsp3) is 0.292. The maximum Gasteiger partial charge on any atom is 0.245 e. The lowest BCUT2D eigenvalue weighted by Gasteiger charge is -2.41. The Morgan fingerprint density at radius 1 is 1.15 bits per heavy atom. The first-order chi connectivity index (χ1) is 16.3. The third-order valence-corrected chi connectivity index (χ3v) is 9.44. The Balaban J connectivity index is 1.69. The Morgan fingerprint density at radius 3 is 2.47 bits per heavy atom. The number of thiazole rings is 1. The molecule has 1 saturated heterocycles. The SMILES string of the molecule is Cc1ccc(S(=O)(=O)N2CCN(C(C[s+]3ccnc3)C(N)=O)C(=O)[C@H]2Cc2ccccc2)cc1. The molecule has 2 unspecified atom stereocenters. The average Bonchev–Trinajstić information content (AvgIpc) is 3.33. The second kappa shape index (κ2) is 10.0. The number of nitrogens with two attached hydrogens (primary N) is 1. The molecule has 1 aliphatic rings. The summed E-state index contributed by atoms with van der Waals surface area (Å²) < 4.78 is 28.4. The third-order valence-electron chi connectivity index (χ3n) is 5.95. The molecule has 8 nitrogen and oxygen atoms in total. The van der Waals surface area contributed by atoms with E-state index in [1.54, 1.807) is 36.0 Å². The molecular formula is C24H27N4O4S2+. The zero-order valence-electron chi connectivity index (χ0n) is 18.8. The van der Waals surface area contributed by atoms with Crippen LogP contribution in [0.2, 0.25) is 0 Å². The van der Waals surface area contributed by atoms with Gasteiger partial charge in [-0.1, -0.05) is 48.0 Å². The maximum atomic E-state index is 13.8. The van der Waals surface area contributed by atoms with Crippen LogP contribution in [0, 0.1) is 6.92 Å². The fourth-order valence-corrected chi connectivity index (χ4v) is 7.13. The number of benzene rings is 2. The molecule has 2 aromatic carbocycles. The van der Waals surface area contributed by atoms with Crippen molar-refractivity contribution in [2.24, 2.45) is 5.73 Å². The molecule has 3 aromatic rings. The summed E-state index contributed by atoms with van der Waals surface area (Å²) in [7, 11) is -4.33. The normalized spacial score (nSPS) is 18.6. The Kier molecular flexibility index (Phi) is 7.11. The van der Waals surface area contributed by atoms with Gasteiger partial charge in [0.1, 0.15) is 6.04 Å². The number of carbonyl (C=O) groups excluding carboxylic acids is 2. The van der Waals surface area contributed by atoms with Crippen molar-refractivity contribution in [3.05, 3.63) is 82.8 Å². The largest absolute Gasteiger partial charge is 0.368 e. The zero-order valence-corrected chi connectivity index (χ0v) is 20.4. The number of hydrogen-bond donors (Lipinski definition) is 1. The summed E-state index contributed by atoms with van der Waals surface area (Å²) in [6.07, 6.45) is 1.85. The molecule has 0 radical (unpaired) electrons. The minimum atomic E-state index is -3.93. The first-order valence-corrected chi connectivity index (χ1v) is 13.8. The van der Waals surface area contributed by atoms with Crippen LogP contribution in [0.4, 0.5) is 0 Å². The smallest absolute Gasteiger partial charge is 0.245 e. The third kappa shape index (κ3) is 5.03. The average molecular weight is 500 g/mol. The molecule has 4 rings (SSSR count). The van der Waals surface area contributed by atoms with Gasteiger partial charge in [-0.05, 0) is 31.0 Å². The number of nitrogens with zero attached hydrogens (tertiary/aromatic N) is 3. The van der Waals surface area contributed by atoms with Crippen LogP contribution in [0.3, 0.4) is 0 Å². The summed E-state index contributed by atoms with van der Waals surface area (Å²) in [5.41, 5.74) is 9.21. The van der Waals surface area contributed by atoms with Crippen LogP contribution in [0.15, 0.2) is 76.6 Å². The minimum absolute atomic E-state index is 0.0704. The van der Waals surface area contributed by atoms with Crippen molar-refractivity contribution in [3.8, 4) is 0 Å². The number of primary amides is 1. The highest BCUT2D eigenvalue weighted by molar-refractivity contribution is 7.89. The summed E-state index contributed by atoms with van der Waals surface area (Å²) in [6, 6.07) is 14.0. The van der Waals surface area contributed by atoms with Gasteiger partial charge in [-0.3, -0.25) is 9.59 Å². The van der Waals surface area contributed by atoms with E-state index in [2.05, 4.69) is 4.98 Å². The van der Waals surface area contributed by atoms with Gasteiger partial charge in [0.05, 0.1) is 11.1 Å². The van der Waals surface area contributed by atoms with Crippen molar-refractivity contribution in [1.82, 2.24) is 14.2 Å². The van der Waals surface area contributed by atoms with Crippen LogP contribution in [-0.4, -0.2) is 59.6 Å². The lowest BCUT2D eigenvalue weighted by molar-refractivity contribution is -0.145. The number of rotatable bonds is 8. The molecule has 1 aromatic heterocycles. The highest BCUT2D eigenvalue weighted by Gasteiger charge is 2.45. The van der Waals surface area contributed by atoms with Crippen LogP contribution < -0.4 is 5.73 Å². The predicted molar refractivity (Wildman–Crippen MR) is 130 cm³/mol. The summed E-state index contributed by atoms with van der Waals surface area (Å²) >= 11 is 0. The van der Waals surface area contributed by atoms with Crippen LogP contribution in [0.25, 0.3) is 0 Å². The molecule has 1 fully saturated rings. The molecule has 34 heavy (non-hydrogen) atoms. The maximum absolute atomic E-state index is 13.8. The second-order valence-electron chi connectivity index (χ2n) is 8.26. The number of aryl methyl sites for hydroxylation is 1. The van der Waals surface area contributed by atoms with Crippen LogP contribution in [-0.2, 0) is 31.8 Å². The first-order valence-electron chi connectivity index (χ1n) is 10.9. The summed E-state index contributed by atoms with van der Waals surface area (Å²) in [5, 5.41) is 1.87. The molecule has 0 saturated carbocycles. The zero-order chi connectivity index (χ0) is 24.3. The van der Waals surface area contributed by atoms with E-state index in [1.165, 1.54) is 9.21 Å². The van der Waals surface area contributed by atoms with Crippen LogP contribution >= 0.6 is 10.5 Å². The van der Waals surface area contributed by atoms with E-state index < -0.39 is 44.4 Å². The number of sulfonamides is 1. The quantitative estimate of drug-likeness (QED) is 0.477. The highest BCUT2D eigenvalue weighted by atomic mass is 32.2. The number of aromatic nitrogens is 1. The van der Waals surface area contributed by atoms with E-state index in [0.717, 1.165) is 11.1 Å². The van der Waals surface area contributed by atoms with Crippen molar-refractivity contribution < 1.29 is 18.0 Å². The van der Waals surface area contributed by atoms with E-state index >= 15 is 0 Å². The van der Waals surface area contributed by atoms with Crippen molar-refractivity contribution in [3.63, 3.8) is 0 Å². The van der Waals surface area contributed by atoms with E-state index in [-0.39, 0.29) is 24.4 Å². The number of piperazine rings is 1. The molecule has 3 atom stereocenters. The van der Waals surface area contributed by atoms with E-state index in [0.29, 0.717) is 5.75 Å². The molecule has 2 heterocycles.